The molecule has 7 heteroatoms. The molecule has 2 rings (SSSR count). The Morgan fingerprint density at radius 3 is 2.85 bits per heavy atom. The molecule has 1 fully saturated rings. The lowest BCUT2D eigenvalue weighted by molar-refractivity contribution is -0.384. The first-order valence-electron chi connectivity index (χ1n) is 6.52. The van der Waals surface area contributed by atoms with Gasteiger partial charge in [0.15, 0.2) is 0 Å². The van der Waals surface area contributed by atoms with Crippen molar-refractivity contribution in [1.82, 2.24) is 5.32 Å². The third-order valence-electron chi connectivity index (χ3n) is 3.65. The Hall–Kier alpha value is -2.15. The van der Waals surface area contributed by atoms with E-state index >= 15 is 0 Å². The standard InChI is InChI=1S/C13H18N4O3/c1-16(10-3-2-6-15-8-10)12-5-4-9(17(19)20)7-11(12)13(14)18/h4-5,7,10,15H,2-3,6,8H2,1H3,(H2,14,18). The lowest BCUT2D eigenvalue weighted by atomic mass is 10.0. The van der Waals surface area contributed by atoms with Crippen LogP contribution in [0.5, 0.6) is 0 Å². The highest BCUT2D eigenvalue weighted by molar-refractivity contribution is 5.99. The van der Waals surface area contributed by atoms with Gasteiger partial charge in [0.05, 0.1) is 16.2 Å². The van der Waals surface area contributed by atoms with Crippen LogP contribution in [0.3, 0.4) is 0 Å². The number of likely N-dealkylation sites (N-methyl/N-ethyl adjacent to an activating group) is 1. The number of nitro groups is 1. The van der Waals surface area contributed by atoms with Crippen LogP contribution < -0.4 is 16.0 Å². The molecule has 0 spiro atoms. The Kier molecular flexibility index (Phi) is 4.19. The molecule has 1 heterocycles. The van der Waals surface area contributed by atoms with Gasteiger partial charge in [-0.3, -0.25) is 14.9 Å². The fourth-order valence-corrected chi connectivity index (χ4v) is 2.50. The molecule has 20 heavy (non-hydrogen) atoms. The average Bonchev–Trinajstić information content (AvgIpc) is 2.46. The quantitative estimate of drug-likeness (QED) is 0.629. The van der Waals surface area contributed by atoms with Gasteiger partial charge in [-0.15, -0.1) is 0 Å². The second-order valence-corrected chi connectivity index (χ2v) is 4.93. The van der Waals surface area contributed by atoms with Crippen molar-refractivity contribution in [2.75, 3.05) is 25.0 Å². The molecule has 0 bridgehead atoms. The van der Waals surface area contributed by atoms with Crippen molar-refractivity contribution in [3.63, 3.8) is 0 Å². The van der Waals surface area contributed by atoms with Crippen molar-refractivity contribution in [1.29, 1.82) is 0 Å². The minimum atomic E-state index is -0.653. The Bertz CT molecular complexity index is 526. The number of carbonyl (C=O) groups excluding carboxylic acids is 1. The molecule has 7 nitrogen and oxygen atoms in total. The average molecular weight is 278 g/mol. The van der Waals surface area contributed by atoms with E-state index < -0.39 is 10.8 Å². The molecule has 0 radical (unpaired) electrons. The largest absolute Gasteiger partial charge is 0.370 e. The predicted molar refractivity (Wildman–Crippen MR) is 75.9 cm³/mol. The topological polar surface area (TPSA) is 102 Å². The van der Waals surface area contributed by atoms with Gasteiger partial charge in [-0.25, -0.2) is 0 Å². The number of amides is 1. The maximum Gasteiger partial charge on any atom is 0.270 e. The number of rotatable bonds is 4. The van der Waals surface area contributed by atoms with Crippen LogP contribution in [0.1, 0.15) is 23.2 Å². The number of hydrogen-bond acceptors (Lipinski definition) is 5. The smallest absolute Gasteiger partial charge is 0.270 e. The summed E-state index contributed by atoms with van der Waals surface area (Å²) in [5, 5.41) is 14.1. The van der Waals surface area contributed by atoms with Crippen LogP contribution in [0.15, 0.2) is 18.2 Å². The molecule has 1 aromatic rings. The number of primary amides is 1. The summed E-state index contributed by atoms with van der Waals surface area (Å²) in [6, 6.07) is 4.48. The normalized spacial score (nSPS) is 18.6. The van der Waals surface area contributed by atoms with E-state index in [2.05, 4.69) is 5.32 Å². The van der Waals surface area contributed by atoms with Crippen molar-refractivity contribution in [2.45, 2.75) is 18.9 Å². The van der Waals surface area contributed by atoms with Crippen LogP contribution in [0.25, 0.3) is 0 Å². The Morgan fingerprint density at radius 1 is 1.55 bits per heavy atom. The molecule has 0 aliphatic carbocycles. The highest BCUT2D eigenvalue weighted by Crippen LogP contribution is 2.27. The van der Waals surface area contributed by atoms with E-state index in [1.165, 1.54) is 12.1 Å². The highest BCUT2D eigenvalue weighted by atomic mass is 16.6. The lowest BCUT2D eigenvalue weighted by Gasteiger charge is -2.34. The predicted octanol–water partition coefficient (Wildman–Crippen LogP) is 0.882. The lowest BCUT2D eigenvalue weighted by Crippen LogP contribution is -2.44. The fourth-order valence-electron chi connectivity index (χ4n) is 2.50. The van der Waals surface area contributed by atoms with Crippen LogP contribution in [-0.4, -0.2) is 37.0 Å². The number of anilines is 1. The van der Waals surface area contributed by atoms with E-state index in [1.807, 2.05) is 11.9 Å². The molecule has 108 valence electrons. The van der Waals surface area contributed by atoms with Crippen molar-refractivity contribution < 1.29 is 9.72 Å². The van der Waals surface area contributed by atoms with Crippen molar-refractivity contribution in [2.24, 2.45) is 5.73 Å². The molecule has 1 atom stereocenters. The van der Waals surface area contributed by atoms with E-state index in [-0.39, 0.29) is 17.3 Å². The number of non-ortho nitro benzene ring substituents is 1. The zero-order valence-corrected chi connectivity index (χ0v) is 11.3. The number of carbonyl (C=O) groups is 1. The van der Waals surface area contributed by atoms with Crippen LogP contribution in [0.2, 0.25) is 0 Å². The zero-order chi connectivity index (χ0) is 14.7. The maximum absolute atomic E-state index is 11.5. The summed E-state index contributed by atoms with van der Waals surface area (Å²) in [4.78, 5) is 23.8. The summed E-state index contributed by atoms with van der Waals surface area (Å²) < 4.78 is 0. The molecular formula is C13H18N4O3. The fraction of sp³-hybridized carbons (Fsp3) is 0.462. The number of nitrogens with zero attached hydrogens (tertiary/aromatic N) is 2. The van der Waals surface area contributed by atoms with Crippen molar-refractivity contribution in [3.05, 3.63) is 33.9 Å². The summed E-state index contributed by atoms with van der Waals surface area (Å²) in [6.45, 7) is 1.82. The van der Waals surface area contributed by atoms with E-state index in [1.54, 1.807) is 6.07 Å². The molecule has 1 aromatic carbocycles. The monoisotopic (exact) mass is 278 g/mol. The minimum Gasteiger partial charge on any atom is -0.370 e. The van der Waals surface area contributed by atoms with Crippen LogP contribution >= 0.6 is 0 Å². The second kappa shape index (κ2) is 5.87. The zero-order valence-electron chi connectivity index (χ0n) is 11.3. The van der Waals surface area contributed by atoms with Crippen LogP contribution in [0, 0.1) is 10.1 Å². The minimum absolute atomic E-state index is 0.127. The van der Waals surface area contributed by atoms with E-state index in [0.717, 1.165) is 25.9 Å². The van der Waals surface area contributed by atoms with Crippen LogP contribution in [-0.2, 0) is 0 Å². The van der Waals surface area contributed by atoms with E-state index in [0.29, 0.717) is 5.69 Å². The van der Waals surface area contributed by atoms with Crippen molar-refractivity contribution >= 4 is 17.3 Å². The first kappa shape index (κ1) is 14.3. The number of nitro benzene ring substituents is 1. The number of nitrogens with two attached hydrogens (primary N) is 1. The van der Waals surface area contributed by atoms with Gasteiger partial charge in [-0.2, -0.15) is 0 Å². The van der Waals surface area contributed by atoms with Gasteiger partial charge in [-0.1, -0.05) is 0 Å². The van der Waals surface area contributed by atoms with Gasteiger partial charge in [0.25, 0.3) is 11.6 Å². The van der Waals surface area contributed by atoms with Crippen LogP contribution in [0.4, 0.5) is 11.4 Å². The molecule has 1 saturated heterocycles. The van der Waals surface area contributed by atoms with Gasteiger partial charge in [-0.05, 0) is 25.5 Å². The van der Waals surface area contributed by atoms with Gasteiger partial charge in [0.1, 0.15) is 0 Å². The first-order chi connectivity index (χ1) is 9.50. The molecule has 1 amide bonds. The highest BCUT2D eigenvalue weighted by Gasteiger charge is 2.23. The second-order valence-electron chi connectivity index (χ2n) is 4.93. The molecule has 0 aromatic heterocycles. The Balaban J connectivity index is 2.34. The number of hydrogen-bond donors (Lipinski definition) is 2. The van der Waals surface area contributed by atoms with Gasteiger partial charge in [0.2, 0.25) is 0 Å². The number of nitrogens with one attached hydrogen (secondary N) is 1. The maximum atomic E-state index is 11.5. The Labute approximate surface area is 116 Å². The summed E-state index contributed by atoms with van der Waals surface area (Å²) in [7, 11) is 1.88. The number of piperidine rings is 1. The van der Waals surface area contributed by atoms with E-state index in [4.69, 9.17) is 5.73 Å². The summed E-state index contributed by atoms with van der Waals surface area (Å²) in [6.07, 6.45) is 2.08. The molecule has 3 N–H and O–H groups in total. The van der Waals surface area contributed by atoms with Crippen molar-refractivity contribution in [3.8, 4) is 0 Å². The summed E-state index contributed by atoms with van der Waals surface area (Å²) >= 11 is 0. The molecular weight excluding hydrogens is 260 g/mol. The van der Waals surface area contributed by atoms with Gasteiger partial charge < -0.3 is 16.0 Å². The molecule has 1 aliphatic heterocycles. The third-order valence-corrected chi connectivity index (χ3v) is 3.65. The summed E-state index contributed by atoms with van der Waals surface area (Å²) in [5.41, 5.74) is 6.04. The molecule has 1 aliphatic rings. The molecule has 0 saturated carbocycles. The first-order valence-corrected chi connectivity index (χ1v) is 6.52. The van der Waals surface area contributed by atoms with Gasteiger partial charge in [0, 0.05) is 31.8 Å². The number of benzene rings is 1. The Morgan fingerprint density at radius 2 is 2.30 bits per heavy atom. The summed E-state index contributed by atoms with van der Waals surface area (Å²) in [5.74, 6) is -0.653. The SMILES string of the molecule is CN(c1ccc([N+](=O)[O-])cc1C(N)=O)C1CCCNC1. The van der Waals surface area contributed by atoms with Gasteiger partial charge >= 0.3 is 0 Å². The van der Waals surface area contributed by atoms with E-state index in [9.17, 15) is 14.9 Å². The molecule has 1 unspecified atom stereocenters. The third kappa shape index (κ3) is 2.88.